The van der Waals surface area contributed by atoms with Gasteiger partial charge in [-0.2, -0.15) is 0 Å². The summed E-state index contributed by atoms with van der Waals surface area (Å²) in [4.78, 5) is 30.2. The molecule has 0 aliphatic heterocycles. The number of pyridine rings is 1. The lowest BCUT2D eigenvalue weighted by atomic mass is 10.1. The van der Waals surface area contributed by atoms with Crippen LogP contribution >= 0.6 is 22.9 Å². The lowest BCUT2D eigenvalue weighted by molar-refractivity contribution is 0.0949. The Morgan fingerprint density at radius 3 is 2.58 bits per heavy atom. The second-order valence-corrected chi connectivity index (χ2v) is 10.5. The van der Waals surface area contributed by atoms with Gasteiger partial charge >= 0.3 is 0 Å². The summed E-state index contributed by atoms with van der Waals surface area (Å²) in [5.74, 6) is -0.391. The molecule has 0 saturated carbocycles. The fourth-order valence-electron chi connectivity index (χ4n) is 4.16. The first kappa shape index (κ1) is 26.1. The fourth-order valence-corrected chi connectivity index (χ4v) is 5.52. The molecule has 6 nitrogen and oxygen atoms in total. The summed E-state index contributed by atoms with van der Waals surface area (Å²) in [5, 5.41) is 14.6. The number of fused-ring (bicyclic) bond motifs is 1. The molecule has 1 amide bonds. The number of likely N-dealkylation sites (N-methyl/N-ethyl adjacent to an activating group) is 1. The molecular formula is C28H30ClN3O3S. The first-order valence-electron chi connectivity index (χ1n) is 12.0. The quantitative estimate of drug-likeness (QED) is 0.299. The molecule has 4 rings (SSSR count). The van der Waals surface area contributed by atoms with Crippen molar-refractivity contribution in [3.05, 3.63) is 104 Å². The van der Waals surface area contributed by atoms with Crippen LogP contribution in [0, 0.1) is 0 Å². The van der Waals surface area contributed by atoms with Gasteiger partial charge in [0.2, 0.25) is 5.43 Å². The lowest BCUT2D eigenvalue weighted by Gasteiger charge is -2.20. The standard InChI is InChI=1S/C28H30ClN3O3S/c1-3-13-32-17-24(27(35)30-15-19-9-11-21(29)12-10-19)26(34)23-14-22(36-28(23)32)16-31(2)18-25(33)20-7-5-4-6-8-20/h4-12,14,17,25,33H,3,13,15-16,18H2,1-2H3,(H,30,35)/t25-/m1/s1. The van der Waals surface area contributed by atoms with Crippen molar-refractivity contribution in [2.45, 2.75) is 39.1 Å². The van der Waals surface area contributed by atoms with Crippen molar-refractivity contribution in [3.63, 3.8) is 0 Å². The number of carbonyl (C=O) groups excluding carboxylic acids is 1. The molecule has 0 radical (unpaired) electrons. The lowest BCUT2D eigenvalue weighted by Crippen LogP contribution is -2.29. The molecule has 0 bridgehead atoms. The molecule has 0 saturated heterocycles. The Morgan fingerprint density at radius 2 is 1.89 bits per heavy atom. The highest BCUT2D eigenvalue weighted by atomic mass is 35.5. The molecule has 36 heavy (non-hydrogen) atoms. The second-order valence-electron chi connectivity index (χ2n) is 8.93. The molecule has 0 aliphatic carbocycles. The van der Waals surface area contributed by atoms with Crippen molar-refractivity contribution < 1.29 is 9.90 Å². The SMILES string of the molecule is CCCn1cc(C(=O)NCc2ccc(Cl)cc2)c(=O)c2cc(CN(C)C[C@@H](O)c3ccccc3)sc21. The maximum atomic E-state index is 13.3. The predicted octanol–water partition coefficient (Wildman–Crippen LogP) is 5.22. The van der Waals surface area contributed by atoms with Gasteiger partial charge in [0, 0.05) is 42.3 Å². The molecule has 188 valence electrons. The summed E-state index contributed by atoms with van der Waals surface area (Å²) < 4.78 is 2.00. The zero-order valence-corrected chi connectivity index (χ0v) is 22.0. The number of benzene rings is 2. The smallest absolute Gasteiger partial charge is 0.257 e. The van der Waals surface area contributed by atoms with Gasteiger partial charge in [-0.05, 0) is 42.8 Å². The van der Waals surface area contributed by atoms with E-state index in [9.17, 15) is 14.7 Å². The van der Waals surface area contributed by atoms with E-state index >= 15 is 0 Å². The van der Waals surface area contributed by atoms with Crippen LogP contribution < -0.4 is 10.7 Å². The van der Waals surface area contributed by atoms with Crippen LogP contribution in [0.4, 0.5) is 0 Å². The van der Waals surface area contributed by atoms with Crippen LogP contribution in [-0.4, -0.2) is 34.1 Å². The van der Waals surface area contributed by atoms with E-state index in [1.165, 1.54) is 0 Å². The minimum absolute atomic E-state index is 0.141. The number of nitrogens with zero attached hydrogens (tertiary/aromatic N) is 2. The van der Waals surface area contributed by atoms with Crippen molar-refractivity contribution >= 4 is 39.1 Å². The van der Waals surface area contributed by atoms with E-state index in [-0.39, 0.29) is 11.0 Å². The molecule has 0 aliphatic rings. The van der Waals surface area contributed by atoms with Crippen LogP contribution in [0.2, 0.25) is 5.02 Å². The number of thiophene rings is 1. The molecule has 1 atom stereocenters. The Bertz CT molecular complexity index is 1380. The molecule has 0 unspecified atom stereocenters. The molecule has 2 aromatic carbocycles. The molecule has 2 heterocycles. The Morgan fingerprint density at radius 1 is 1.17 bits per heavy atom. The van der Waals surface area contributed by atoms with Crippen LogP contribution in [0.3, 0.4) is 0 Å². The van der Waals surface area contributed by atoms with Gasteiger partial charge in [-0.3, -0.25) is 14.5 Å². The van der Waals surface area contributed by atoms with Crippen LogP contribution in [-0.2, 0) is 19.6 Å². The Labute approximate surface area is 219 Å². The van der Waals surface area contributed by atoms with Gasteiger partial charge in [0.15, 0.2) is 0 Å². The maximum Gasteiger partial charge on any atom is 0.257 e. The molecular weight excluding hydrogens is 494 g/mol. The number of aliphatic hydroxyl groups excluding tert-OH is 1. The van der Waals surface area contributed by atoms with Crippen molar-refractivity contribution in [1.29, 1.82) is 0 Å². The summed E-state index contributed by atoms with van der Waals surface area (Å²) >= 11 is 7.49. The van der Waals surface area contributed by atoms with E-state index in [0.717, 1.165) is 27.3 Å². The summed E-state index contributed by atoms with van der Waals surface area (Å²) in [6.07, 6.45) is 1.95. The fraction of sp³-hybridized carbons (Fsp3) is 0.286. The average molecular weight is 524 g/mol. The minimum Gasteiger partial charge on any atom is -0.387 e. The summed E-state index contributed by atoms with van der Waals surface area (Å²) in [5.41, 5.74) is 1.65. The molecule has 4 aromatic rings. The summed E-state index contributed by atoms with van der Waals surface area (Å²) in [6.45, 7) is 4.14. The summed E-state index contributed by atoms with van der Waals surface area (Å²) in [7, 11) is 1.95. The molecule has 8 heteroatoms. The van der Waals surface area contributed by atoms with Gasteiger partial charge in [-0.15, -0.1) is 11.3 Å². The highest BCUT2D eigenvalue weighted by molar-refractivity contribution is 7.18. The van der Waals surface area contributed by atoms with E-state index in [1.54, 1.807) is 29.7 Å². The number of hydrogen-bond acceptors (Lipinski definition) is 5. The largest absolute Gasteiger partial charge is 0.387 e. The first-order chi connectivity index (χ1) is 17.4. The molecule has 2 aromatic heterocycles. The monoisotopic (exact) mass is 523 g/mol. The van der Waals surface area contributed by atoms with Crippen molar-refractivity contribution in [2.24, 2.45) is 0 Å². The zero-order chi connectivity index (χ0) is 25.7. The number of carbonyl (C=O) groups is 1. The number of aryl methyl sites for hydroxylation is 1. The number of hydrogen-bond donors (Lipinski definition) is 2. The van der Waals surface area contributed by atoms with Crippen LogP contribution in [0.1, 0.15) is 45.8 Å². The van der Waals surface area contributed by atoms with Crippen LogP contribution in [0.5, 0.6) is 0 Å². The topological polar surface area (TPSA) is 74.6 Å². The number of rotatable bonds is 10. The minimum atomic E-state index is -0.596. The van der Waals surface area contributed by atoms with E-state index in [1.807, 2.05) is 65.0 Å². The summed E-state index contributed by atoms with van der Waals surface area (Å²) in [6, 6.07) is 18.7. The first-order valence-corrected chi connectivity index (χ1v) is 13.1. The van der Waals surface area contributed by atoms with Crippen LogP contribution in [0.15, 0.2) is 71.7 Å². The molecule has 2 N–H and O–H groups in total. The third kappa shape index (κ3) is 6.23. The third-order valence-corrected chi connectivity index (χ3v) is 7.38. The maximum absolute atomic E-state index is 13.3. The Balaban J connectivity index is 1.54. The molecule has 0 spiro atoms. The van der Waals surface area contributed by atoms with E-state index in [4.69, 9.17) is 11.6 Å². The Hall–Kier alpha value is -2.97. The average Bonchev–Trinajstić information content (AvgIpc) is 3.30. The van der Waals surface area contributed by atoms with Gasteiger partial charge in [0.1, 0.15) is 10.4 Å². The van der Waals surface area contributed by atoms with Crippen molar-refractivity contribution in [2.75, 3.05) is 13.6 Å². The number of halogens is 1. The Kier molecular flexibility index (Phi) is 8.59. The number of aromatic nitrogens is 1. The predicted molar refractivity (Wildman–Crippen MR) is 147 cm³/mol. The number of nitrogens with one attached hydrogen (secondary N) is 1. The highest BCUT2D eigenvalue weighted by Gasteiger charge is 2.19. The van der Waals surface area contributed by atoms with Gasteiger partial charge in [0.05, 0.1) is 11.5 Å². The van der Waals surface area contributed by atoms with Crippen molar-refractivity contribution in [3.8, 4) is 0 Å². The zero-order valence-electron chi connectivity index (χ0n) is 20.4. The van der Waals surface area contributed by atoms with E-state index < -0.39 is 12.0 Å². The van der Waals surface area contributed by atoms with Gasteiger partial charge < -0.3 is 15.0 Å². The molecule has 0 fully saturated rings. The number of amides is 1. The third-order valence-electron chi connectivity index (χ3n) is 5.97. The van der Waals surface area contributed by atoms with Gasteiger partial charge in [0.25, 0.3) is 5.91 Å². The van der Waals surface area contributed by atoms with E-state index in [0.29, 0.717) is 36.6 Å². The van der Waals surface area contributed by atoms with Gasteiger partial charge in [-0.1, -0.05) is 61.0 Å². The van der Waals surface area contributed by atoms with Crippen LogP contribution in [0.25, 0.3) is 10.2 Å². The number of aliphatic hydroxyl groups is 1. The van der Waals surface area contributed by atoms with Crippen molar-refractivity contribution in [1.82, 2.24) is 14.8 Å². The van der Waals surface area contributed by atoms with Gasteiger partial charge in [-0.25, -0.2) is 0 Å². The highest BCUT2D eigenvalue weighted by Crippen LogP contribution is 2.26. The van der Waals surface area contributed by atoms with E-state index in [2.05, 4.69) is 12.2 Å². The second kappa shape index (κ2) is 11.8. The normalized spacial score (nSPS) is 12.2.